The third kappa shape index (κ3) is 2.33. The van der Waals surface area contributed by atoms with Gasteiger partial charge in [0.05, 0.1) is 0 Å². The SMILES string of the molecule is CC1(C2CC2)CN(CC2Cc3ccccc32)C(C)(C)CN1. The smallest absolute Gasteiger partial charge is 0.0309 e. The number of benzene rings is 1. The van der Waals surface area contributed by atoms with E-state index in [0.717, 1.165) is 18.4 Å². The number of rotatable bonds is 3. The molecule has 21 heavy (non-hydrogen) atoms. The van der Waals surface area contributed by atoms with Gasteiger partial charge in [-0.15, -0.1) is 0 Å². The van der Waals surface area contributed by atoms with Crippen LogP contribution in [0.2, 0.25) is 0 Å². The van der Waals surface area contributed by atoms with Crippen LogP contribution in [0.4, 0.5) is 0 Å². The number of hydrogen-bond acceptors (Lipinski definition) is 2. The van der Waals surface area contributed by atoms with Crippen LogP contribution in [-0.2, 0) is 6.42 Å². The summed E-state index contributed by atoms with van der Waals surface area (Å²) in [6, 6.07) is 9.00. The Morgan fingerprint density at radius 1 is 1.19 bits per heavy atom. The summed E-state index contributed by atoms with van der Waals surface area (Å²) in [7, 11) is 0. The van der Waals surface area contributed by atoms with Crippen molar-refractivity contribution in [2.24, 2.45) is 5.92 Å². The summed E-state index contributed by atoms with van der Waals surface area (Å²) in [5.41, 5.74) is 3.79. The van der Waals surface area contributed by atoms with E-state index in [2.05, 4.69) is 55.3 Å². The van der Waals surface area contributed by atoms with Crippen molar-refractivity contribution >= 4 is 0 Å². The van der Waals surface area contributed by atoms with Crippen LogP contribution in [0, 0.1) is 5.92 Å². The fourth-order valence-electron chi connectivity index (χ4n) is 4.29. The standard InChI is InChI=1S/C19H28N2/c1-18(2)12-20-19(3,16-8-9-16)13-21(18)11-15-10-14-6-4-5-7-17(14)15/h4-7,15-16,20H,8-13H2,1-3H3. The van der Waals surface area contributed by atoms with Crippen LogP contribution in [0.25, 0.3) is 0 Å². The van der Waals surface area contributed by atoms with E-state index in [1.165, 1.54) is 32.4 Å². The van der Waals surface area contributed by atoms with Gasteiger partial charge in [-0.1, -0.05) is 24.3 Å². The van der Waals surface area contributed by atoms with Crippen LogP contribution in [0.15, 0.2) is 24.3 Å². The molecule has 1 N–H and O–H groups in total. The van der Waals surface area contributed by atoms with Crippen LogP contribution < -0.4 is 5.32 Å². The Balaban J connectivity index is 1.50. The Morgan fingerprint density at radius 2 is 1.95 bits per heavy atom. The van der Waals surface area contributed by atoms with Gasteiger partial charge in [0, 0.05) is 36.6 Å². The average Bonchev–Trinajstić information content (AvgIpc) is 3.25. The van der Waals surface area contributed by atoms with E-state index in [1.807, 2.05) is 0 Å². The molecule has 1 saturated heterocycles. The molecule has 1 aromatic carbocycles. The van der Waals surface area contributed by atoms with Crippen LogP contribution in [0.3, 0.4) is 0 Å². The fraction of sp³-hybridized carbons (Fsp3) is 0.684. The maximum Gasteiger partial charge on any atom is 0.0309 e. The van der Waals surface area contributed by atoms with E-state index in [1.54, 1.807) is 11.1 Å². The van der Waals surface area contributed by atoms with Crippen LogP contribution in [0.5, 0.6) is 0 Å². The second-order valence-corrected chi connectivity index (χ2v) is 8.34. The van der Waals surface area contributed by atoms with Gasteiger partial charge in [-0.05, 0) is 57.1 Å². The van der Waals surface area contributed by atoms with Gasteiger partial charge < -0.3 is 5.32 Å². The predicted molar refractivity (Wildman–Crippen MR) is 87.7 cm³/mol. The highest BCUT2D eigenvalue weighted by Crippen LogP contribution is 2.44. The molecule has 2 unspecified atom stereocenters. The van der Waals surface area contributed by atoms with E-state index in [4.69, 9.17) is 0 Å². The second kappa shape index (κ2) is 4.57. The summed E-state index contributed by atoms with van der Waals surface area (Å²) in [5.74, 6) is 1.66. The minimum Gasteiger partial charge on any atom is -0.308 e. The Labute approximate surface area is 128 Å². The maximum absolute atomic E-state index is 3.86. The van der Waals surface area contributed by atoms with Gasteiger partial charge in [0.25, 0.3) is 0 Å². The number of nitrogens with zero attached hydrogens (tertiary/aromatic N) is 1. The Morgan fingerprint density at radius 3 is 2.67 bits per heavy atom. The van der Waals surface area contributed by atoms with E-state index >= 15 is 0 Å². The van der Waals surface area contributed by atoms with Gasteiger partial charge in [0.1, 0.15) is 0 Å². The zero-order chi connectivity index (χ0) is 14.7. The predicted octanol–water partition coefficient (Wildman–Crippen LogP) is 3.18. The van der Waals surface area contributed by atoms with Gasteiger partial charge in [0.15, 0.2) is 0 Å². The first kappa shape index (κ1) is 13.8. The zero-order valence-electron chi connectivity index (χ0n) is 13.7. The Kier molecular flexibility index (Phi) is 3.00. The first-order valence-electron chi connectivity index (χ1n) is 8.56. The van der Waals surface area contributed by atoms with Crippen molar-refractivity contribution in [2.75, 3.05) is 19.6 Å². The molecule has 0 aromatic heterocycles. The number of nitrogens with one attached hydrogen (secondary N) is 1. The fourth-order valence-corrected chi connectivity index (χ4v) is 4.29. The summed E-state index contributed by atoms with van der Waals surface area (Å²) in [6.45, 7) is 10.8. The highest BCUT2D eigenvalue weighted by Gasteiger charge is 2.48. The molecule has 0 amide bonds. The minimum absolute atomic E-state index is 0.277. The number of piperazine rings is 1. The first-order valence-corrected chi connectivity index (χ1v) is 8.56. The van der Waals surface area contributed by atoms with Gasteiger partial charge in [-0.3, -0.25) is 4.90 Å². The highest BCUT2D eigenvalue weighted by molar-refractivity contribution is 5.40. The normalized spacial score (nSPS) is 35.1. The van der Waals surface area contributed by atoms with Crippen molar-refractivity contribution in [1.29, 1.82) is 0 Å². The third-order valence-corrected chi connectivity index (χ3v) is 6.18. The van der Waals surface area contributed by atoms with Crippen molar-refractivity contribution in [3.05, 3.63) is 35.4 Å². The summed E-state index contributed by atoms with van der Waals surface area (Å²) >= 11 is 0. The first-order chi connectivity index (χ1) is 9.98. The minimum atomic E-state index is 0.277. The zero-order valence-corrected chi connectivity index (χ0v) is 13.7. The lowest BCUT2D eigenvalue weighted by molar-refractivity contribution is 0.0179. The van der Waals surface area contributed by atoms with Crippen LogP contribution >= 0.6 is 0 Å². The van der Waals surface area contributed by atoms with Crippen LogP contribution in [-0.4, -0.2) is 35.6 Å². The number of fused-ring (bicyclic) bond motifs is 1. The molecule has 0 radical (unpaired) electrons. The quantitative estimate of drug-likeness (QED) is 0.917. The Bertz CT molecular complexity index is 546. The highest BCUT2D eigenvalue weighted by atomic mass is 15.3. The van der Waals surface area contributed by atoms with Crippen molar-refractivity contribution in [1.82, 2.24) is 10.2 Å². The van der Waals surface area contributed by atoms with Crippen molar-refractivity contribution in [3.8, 4) is 0 Å². The van der Waals surface area contributed by atoms with Gasteiger partial charge >= 0.3 is 0 Å². The molecule has 1 aliphatic heterocycles. The molecule has 114 valence electrons. The molecule has 1 heterocycles. The van der Waals surface area contributed by atoms with E-state index in [-0.39, 0.29) is 5.54 Å². The molecule has 2 fully saturated rings. The molecular formula is C19H28N2. The summed E-state index contributed by atoms with van der Waals surface area (Å²) in [6.07, 6.45) is 4.12. The van der Waals surface area contributed by atoms with Gasteiger partial charge in [0.2, 0.25) is 0 Å². The molecule has 0 bridgehead atoms. The number of hydrogen-bond donors (Lipinski definition) is 1. The Hall–Kier alpha value is -0.860. The van der Waals surface area contributed by atoms with Crippen LogP contribution in [0.1, 0.15) is 50.7 Å². The molecule has 2 nitrogen and oxygen atoms in total. The van der Waals surface area contributed by atoms with Gasteiger partial charge in [-0.25, -0.2) is 0 Å². The lowest BCUT2D eigenvalue weighted by atomic mass is 9.76. The molecule has 2 heteroatoms. The molecule has 4 rings (SSSR count). The molecule has 1 saturated carbocycles. The average molecular weight is 284 g/mol. The lowest BCUT2D eigenvalue weighted by Gasteiger charge is -2.53. The molecule has 2 aliphatic carbocycles. The largest absolute Gasteiger partial charge is 0.308 e. The molecule has 3 aliphatic rings. The second-order valence-electron chi connectivity index (χ2n) is 8.34. The molecule has 1 aromatic rings. The maximum atomic E-state index is 3.86. The molecule has 2 atom stereocenters. The lowest BCUT2D eigenvalue weighted by Crippen LogP contribution is -2.68. The van der Waals surface area contributed by atoms with Crippen molar-refractivity contribution in [2.45, 2.75) is 57.0 Å². The topological polar surface area (TPSA) is 15.3 Å². The molecule has 0 spiro atoms. The molecular weight excluding hydrogens is 256 g/mol. The van der Waals surface area contributed by atoms with E-state index in [0.29, 0.717) is 5.54 Å². The van der Waals surface area contributed by atoms with Crippen molar-refractivity contribution in [3.63, 3.8) is 0 Å². The summed E-state index contributed by atoms with van der Waals surface area (Å²) in [5, 5.41) is 3.86. The summed E-state index contributed by atoms with van der Waals surface area (Å²) < 4.78 is 0. The van der Waals surface area contributed by atoms with Gasteiger partial charge in [-0.2, -0.15) is 0 Å². The monoisotopic (exact) mass is 284 g/mol. The van der Waals surface area contributed by atoms with E-state index < -0.39 is 0 Å². The third-order valence-electron chi connectivity index (χ3n) is 6.18. The summed E-state index contributed by atoms with van der Waals surface area (Å²) in [4.78, 5) is 2.77. The van der Waals surface area contributed by atoms with Crippen molar-refractivity contribution < 1.29 is 0 Å². The van der Waals surface area contributed by atoms with E-state index in [9.17, 15) is 0 Å².